The van der Waals surface area contributed by atoms with Crippen molar-refractivity contribution in [3.05, 3.63) is 40.7 Å². The number of rotatable bonds is 7. The Labute approximate surface area is 167 Å². The first-order valence-corrected chi connectivity index (χ1v) is 9.47. The van der Waals surface area contributed by atoms with Gasteiger partial charge in [0.2, 0.25) is 5.91 Å². The third-order valence-electron chi connectivity index (χ3n) is 4.98. The predicted molar refractivity (Wildman–Crippen MR) is 100 cm³/mol. The van der Waals surface area contributed by atoms with E-state index in [4.69, 9.17) is 9.47 Å². The number of fused-ring (bicyclic) bond motifs is 1. The van der Waals surface area contributed by atoms with E-state index in [9.17, 15) is 18.0 Å². The third-order valence-corrected chi connectivity index (χ3v) is 4.98. The maximum absolute atomic E-state index is 13.2. The molecule has 1 aromatic heterocycles. The van der Waals surface area contributed by atoms with Crippen molar-refractivity contribution in [2.24, 2.45) is 0 Å². The van der Waals surface area contributed by atoms with Crippen LogP contribution in [0.3, 0.4) is 0 Å². The standard InChI is InChI=1S/C20H24F3N3O3/c1-28-16-8-7-13(11-17(16)29-2)12-18(27)24-9-10-26-15-6-4-3-5-14(15)19(25-26)20(21,22)23/h7-8,11H,3-6,9-10,12H2,1-2H3,(H,24,27). The van der Waals surface area contributed by atoms with E-state index in [1.807, 2.05) is 0 Å². The Morgan fingerprint density at radius 1 is 1.17 bits per heavy atom. The quantitative estimate of drug-likeness (QED) is 0.760. The maximum atomic E-state index is 13.2. The van der Waals surface area contributed by atoms with Gasteiger partial charge in [0.25, 0.3) is 0 Å². The molecule has 2 aromatic rings. The molecule has 29 heavy (non-hydrogen) atoms. The lowest BCUT2D eigenvalue weighted by Crippen LogP contribution is -2.29. The number of benzene rings is 1. The number of aromatic nitrogens is 2. The van der Waals surface area contributed by atoms with Gasteiger partial charge in [-0.05, 0) is 43.4 Å². The first kappa shape index (κ1) is 21.0. The molecule has 0 unspecified atom stereocenters. The van der Waals surface area contributed by atoms with Crippen LogP contribution in [0.25, 0.3) is 0 Å². The van der Waals surface area contributed by atoms with E-state index in [0.717, 1.165) is 18.4 Å². The van der Waals surface area contributed by atoms with E-state index >= 15 is 0 Å². The molecule has 1 amide bonds. The number of halogens is 3. The topological polar surface area (TPSA) is 65.4 Å². The number of methoxy groups -OCH3 is 2. The second-order valence-electron chi connectivity index (χ2n) is 6.92. The zero-order valence-electron chi connectivity index (χ0n) is 16.4. The number of nitrogens with one attached hydrogen (secondary N) is 1. The Morgan fingerprint density at radius 2 is 1.90 bits per heavy atom. The second-order valence-corrected chi connectivity index (χ2v) is 6.92. The van der Waals surface area contributed by atoms with Crippen LogP contribution in [-0.2, 0) is 36.8 Å². The number of hydrogen-bond donors (Lipinski definition) is 1. The number of carbonyl (C=O) groups excluding carboxylic acids is 1. The number of ether oxygens (including phenoxy) is 2. The fourth-order valence-corrected chi connectivity index (χ4v) is 3.62. The normalized spacial score (nSPS) is 13.7. The van der Waals surface area contributed by atoms with Crippen LogP contribution in [0.2, 0.25) is 0 Å². The number of hydrogen-bond acceptors (Lipinski definition) is 4. The van der Waals surface area contributed by atoms with Gasteiger partial charge in [0.1, 0.15) is 0 Å². The van der Waals surface area contributed by atoms with E-state index in [0.29, 0.717) is 35.6 Å². The summed E-state index contributed by atoms with van der Waals surface area (Å²) in [5.74, 6) is 0.871. The van der Waals surface area contributed by atoms with E-state index in [2.05, 4.69) is 10.4 Å². The molecule has 0 radical (unpaired) electrons. The highest BCUT2D eigenvalue weighted by Crippen LogP contribution is 2.35. The molecule has 0 atom stereocenters. The van der Waals surface area contributed by atoms with Crippen molar-refractivity contribution in [1.29, 1.82) is 0 Å². The molecule has 1 aliphatic rings. The van der Waals surface area contributed by atoms with Crippen molar-refractivity contribution in [3.63, 3.8) is 0 Å². The molecule has 0 saturated carbocycles. The molecular weight excluding hydrogens is 387 g/mol. The summed E-state index contributed by atoms with van der Waals surface area (Å²) in [5.41, 5.74) is 0.901. The Balaban J connectivity index is 1.60. The zero-order chi connectivity index (χ0) is 21.0. The molecule has 1 heterocycles. The summed E-state index contributed by atoms with van der Waals surface area (Å²) in [5, 5.41) is 6.54. The van der Waals surface area contributed by atoms with E-state index in [1.54, 1.807) is 18.2 Å². The van der Waals surface area contributed by atoms with E-state index in [-0.39, 0.29) is 25.4 Å². The van der Waals surface area contributed by atoms with Gasteiger partial charge in [-0.2, -0.15) is 18.3 Å². The van der Waals surface area contributed by atoms with Gasteiger partial charge in [0.15, 0.2) is 17.2 Å². The van der Waals surface area contributed by atoms with Crippen LogP contribution in [0, 0.1) is 0 Å². The van der Waals surface area contributed by atoms with Gasteiger partial charge in [0.05, 0.1) is 27.2 Å². The molecule has 3 rings (SSSR count). The third kappa shape index (κ3) is 4.83. The number of nitrogens with zero attached hydrogens (tertiary/aromatic N) is 2. The predicted octanol–water partition coefficient (Wildman–Crippen LogP) is 3.16. The average Bonchev–Trinajstić information content (AvgIpc) is 3.07. The minimum absolute atomic E-state index is 0.130. The zero-order valence-corrected chi connectivity index (χ0v) is 16.4. The molecule has 1 aromatic carbocycles. The van der Waals surface area contributed by atoms with Crippen molar-refractivity contribution in [2.75, 3.05) is 20.8 Å². The molecule has 6 nitrogen and oxygen atoms in total. The summed E-state index contributed by atoms with van der Waals surface area (Å²) in [7, 11) is 3.05. The minimum atomic E-state index is -4.46. The smallest absolute Gasteiger partial charge is 0.435 e. The molecule has 9 heteroatoms. The lowest BCUT2D eigenvalue weighted by atomic mass is 9.95. The Morgan fingerprint density at radius 3 is 2.59 bits per heavy atom. The first-order chi connectivity index (χ1) is 13.8. The number of alkyl halides is 3. The maximum Gasteiger partial charge on any atom is 0.435 e. The Kier molecular flexibility index (Phi) is 6.34. The van der Waals surface area contributed by atoms with Gasteiger partial charge < -0.3 is 14.8 Å². The molecule has 0 spiro atoms. The average molecular weight is 411 g/mol. The van der Waals surface area contributed by atoms with Crippen LogP contribution < -0.4 is 14.8 Å². The molecule has 1 aliphatic carbocycles. The Bertz CT molecular complexity index is 878. The van der Waals surface area contributed by atoms with Crippen molar-refractivity contribution in [3.8, 4) is 11.5 Å². The summed E-state index contributed by atoms with van der Waals surface area (Å²) in [6, 6.07) is 5.20. The van der Waals surface area contributed by atoms with Crippen LogP contribution >= 0.6 is 0 Å². The van der Waals surface area contributed by atoms with Crippen molar-refractivity contribution in [1.82, 2.24) is 15.1 Å². The molecule has 0 bridgehead atoms. The van der Waals surface area contributed by atoms with Crippen LogP contribution in [0.1, 0.15) is 35.4 Å². The van der Waals surface area contributed by atoms with E-state index in [1.165, 1.54) is 18.9 Å². The summed E-state index contributed by atoms with van der Waals surface area (Å²) in [6.45, 7) is 0.410. The summed E-state index contributed by atoms with van der Waals surface area (Å²) in [4.78, 5) is 12.2. The van der Waals surface area contributed by atoms with Crippen LogP contribution in [0.4, 0.5) is 13.2 Å². The monoisotopic (exact) mass is 411 g/mol. The van der Waals surface area contributed by atoms with Crippen molar-refractivity contribution < 1.29 is 27.4 Å². The van der Waals surface area contributed by atoms with Gasteiger partial charge in [-0.15, -0.1) is 0 Å². The van der Waals surface area contributed by atoms with Crippen LogP contribution in [0.5, 0.6) is 11.5 Å². The number of carbonyl (C=O) groups is 1. The summed E-state index contributed by atoms with van der Waals surface area (Å²) in [6.07, 6.45) is -1.76. The molecule has 0 fully saturated rings. The highest BCUT2D eigenvalue weighted by molar-refractivity contribution is 5.78. The largest absolute Gasteiger partial charge is 0.493 e. The van der Waals surface area contributed by atoms with Gasteiger partial charge >= 0.3 is 6.18 Å². The highest BCUT2D eigenvalue weighted by Gasteiger charge is 2.39. The van der Waals surface area contributed by atoms with Crippen LogP contribution in [-0.4, -0.2) is 36.5 Å². The second kappa shape index (κ2) is 8.75. The molecule has 0 saturated heterocycles. The first-order valence-electron chi connectivity index (χ1n) is 9.47. The number of amides is 1. The van der Waals surface area contributed by atoms with Gasteiger partial charge in [0, 0.05) is 17.8 Å². The Hall–Kier alpha value is -2.71. The lowest BCUT2D eigenvalue weighted by Gasteiger charge is -2.15. The molecule has 0 aliphatic heterocycles. The SMILES string of the molecule is COc1ccc(CC(=O)NCCn2nc(C(F)(F)F)c3c2CCCC3)cc1OC. The lowest BCUT2D eigenvalue weighted by molar-refractivity contribution is -0.142. The molecule has 158 valence electrons. The fraction of sp³-hybridized carbons (Fsp3) is 0.500. The minimum Gasteiger partial charge on any atom is -0.493 e. The fourth-order valence-electron chi connectivity index (χ4n) is 3.62. The highest BCUT2D eigenvalue weighted by atomic mass is 19.4. The summed E-state index contributed by atoms with van der Waals surface area (Å²) >= 11 is 0. The molecular formula is C20H24F3N3O3. The summed E-state index contributed by atoms with van der Waals surface area (Å²) < 4.78 is 51.5. The van der Waals surface area contributed by atoms with Crippen molar-refractivity contribution >= 4 is 5.91 Å². The van der Waals surface area contributed by atoms with Gasteiger partial charge in [-0.3, -0.25) is 9.48 Å². The van der Waals surface area contributed by atoms with Gasteiger partial charge in [-0.25, -0.2) is 0 Å². The van der Waals surface area contributed by atoms with E-state index < -0.39 is 11.9 Å². The van der Waals surface area contributed by atoms with Gasteiger partial charge in [-0.1, -0.05) is 6.07 Å². The molecule has 1 N–H and O–H groups in total. The van der Waals surface area contributed by atoms with Crippen molar-refractivity contribution in [2.45, 2.75) is 44.8 Å². The van der Waals surface area contributed by atoms with Crippen LogP contribution in [0.15, 0.2) is 18.2 Å².